The van der Waals surface area contributed by atoms with E-state index in [1.807, 2.05) is 36.4 Å². The molecule has 1 N–H and O–H groups in total. The van der Waals surface area contributed by atoms with E-state index in [0.29, 0.717) is 0 Å². The van der Waals surface area contributed by atoms with Gasteiger partial charge in [0.1, 0.15) is 23.2 Å². The van der Waals surface area contributed by atoms with Gasteiger partial charge >= 0.3 is 0 Å². The molecule has 3 heteroatoms. The Kier molecular flexibility index (Phi) is 2.65. The van der Waals surface area contributed by atoms with Crippen molar-refractivity contribution in [2.24, 2.45) is 0 Å². The van der Waals surface area contributed by atoms with Gasteiger partial charge in [0, 0.05) is 5.56 Å². The third-order valence-electron chi connectivity index (χ3n) is 2.90. The Morgan fingerprint density at radius 3 is 1.89 bits per heavy atom. The van der Waals surface area contributed by atoms with Crippen LogP contribution in [0.5, 0.6) is 5.75 Å². The van der Waals surface area contributed by atoms with Gasteiger partial charge in [-0.1, -0.05) is 18.2 Å². The lowest BCUT2D eigenvalue weighted by molar-refractivity contribution is 0.429. The van der Waals surface area contributed by atoms with E-state index in [0.717, 1.165) is 17.1 Å². The lowest BCUT2D eigenvalue weighted by atomic mass is 9.93. The van der Waals surface area contributed by atoms with Crippen molar-refractivity contribution in [2.75, 3.05) is 0 Å². The standard InChI is InChI=1S/C15H12O3/c16-12-6-2-1-5-11(12)15(13-7-3-9-17-13)14-8-4-10-18-14/h1-10,15-16H. The average Bonchev–Trinajstić information content (AvgIpc) is 3.05. The van der Waals surface area contributed by atoms with Crippen molar-refractivity contribution in [2.45, 2.75) is 5.92 Å². The van der Waals surface area contributed by atoms with Gasteiger partial charge in [-0.05, 0) is 30.3 Å². The molecule has 0 unspecified atom stereocenters. The quantitative estimate of drug-likeness (QED) is 0.758. The lowest BCUT2D eigenvalue weighted by Crippen LogP contribution is -2.01. The smallest absolute Gasteiger partial charge is 0.119 e. The average molecular weight is 240 g/mol. The number of benzene rings is 1. The van der Waals surface area contributed by atoms with E-state index >= 15 is 0 Å². The summed E-state index contributed by atoms with van der Waals surface area (Å²) in [5, 5.41) is 10.00. The maximum absolute atomic E-state index is 10.00. The zero-order valence-electron chi connectivity index (χ0n) is 9.61. The van der Waals surface area contributed by atoms with Gasteiger partial charge in [0.25, 0.3) is 0 Å². The molecule has 3 nitrogen and oxygen atoms in total. The summed E-state index contributed by atoms with van der Waals surface area (Å²) >= 11 is 0. The number of aromatic hydroxyl groups is 1. The second-order valence-corrected chi connectivity index (χ2v) is 4.02. The Labute approximate surface area is 104 Å². The van der Waals surface area contributed by atoms with Crippen LogP contribution >= 0.6 is 0 Å². The van der Waals surface area contributed by atoms with Gasteiger partial charge in [-0.25, -0.2) is 0 Å². The molecule has 2 heterocycles. The molecule has 0 atom stereocenters. The fraction of sp³-hybridized carbons (Fsp3) is 0.0667. The predicted molar refractivity (Wildman–Crippen MR) is 66.5 cm³/mol. The van der Waals surface area contributed by atoms with Gasteiger partial charge in [0.2, 0.25) is 0 Å². The maximum atomic E-state index is 10.00. The summed E-state index contributed by atoms with van der Waals surface area (Å²) in [6.45, 7) is 0. The summed E-state index contributed by atoms with van der Waals surface area (Å²) in [4.78, 5) is 0. The van der Waals surface area contributed by atoms with Gasteiger partial charge < -0.3 is 13.9 Å². The summed E-state index contributed by atoms with van der Waals surface area (Å²) in [7, 11) is 0. The molecule has 0 aliphatic carbocycles. The molecule has 0 fully saturated rings. The summed E-state index contributed by atoms with van der Waals surface area (Å²) < 4.78 is 10.9. The predicted octanol–water partition coefficient (Wildman–Crippen LogP) is 3.76. The molecule has 1 aromatic carbocycles. The number of furan rings is 2. The molecule has 0 aliphatic heterocycles. The van der Waals surface area contributed by atoms with Crippen LogP contribution in [0.15, 0.2) is 69.9 Å². The van der Waals surface area contributed by atoms with Crippen LogP contribution in [0.3, 0.4) is 0 Å². The van der Waals surface area contributed by atoms with Crippen LogP contribution in [-0.4, -0.2) is 5.11 Å². The minimum atomic E-state index is -0.226. The molecular formula is C15H12O3. The highest BCUT2D eigenvalue weighted by Crippen LogP contribution is 2.36. The number of rotatable bonds is 3. The number of phenolic OH excluding ortho intramolecular Hbond substituents is 1. The number of hydrogen-bond donors (Lipinski definition) is 1. The molecule has 0 aliphatic rings. The number of para-hydroxylation sites is 1. The molecule has 3 rings (SSSR count). The molecular weight excluding hydrogens is 228 g/mol. The molecule has 90 valence electrons. The Morgan fingerprint density at radius 1 is 0.778 bits per heavy atom. The first-order chi connectivity index (χ1) is 8.86. The largest absolute Gasteiger partial charge is 0.508 e. The third kappa shape index (κ3) is 1.80. The van der Waals surface area contributed by atoms with Crippen LogP contribution in [0.2, 0.25) is 0 Å². The summed E-state index contributed by atoms with van der Waals surface area (Å²) in [6.07, 6.45) is 3.23. The Bertz CT molecular complexity index is 575. The van der Waals surface area contributed by atoms with Crippen LogP contribution in [0, 0.1) is 0 Å². The molecule has 0 amide bonds. The molecule has 0 bridgehead atoms. The second-order valence-electron chi connectivity index (χ2n) is 4.02. The highest BCUT2D eigenvalue weighted by Gasteiger charge is 2.24. The van der Waals surface area contributed by atoms with Crippen LogP contribution in [0.4, 0.5) is 0 Å². The first-order valence-corrected chi connectivity index (χ1v) is 5.71. The number of hydrogen-bond acceptors (Lipinski definition) is 3. The first kappa shape index (κ1) is 10.7. The Hall–Kier alpha value is -2.42. The first-order valence-electron chi connectivity index (χ1n) is 5.71. The fourth-order valence-electron chi connectivity index (χ4n) is 2.09. The summed E-state index contributed by atoms with van der Waals surface area (Å²) in [6, 6.07) is 14.6. The molecule has 0 saturated carbocycles. The molecule has 0 spiro atoms. The topological polar surface area (TPSA) is 46.5 Å². The zero-order chi connectivity index (χ0) is 12.4. The van der Waals surface area contributed by atoms with E-state index in [1.165, 1.54) is 0 Å². The van der Waals surface area contributed by atoms with E-state index in [-0.39, 0.29) is 11.7 Å². The van der Waals surface area contributed by atoms with Gasteiger partial charge in [-0.3, -0.25) is 0 Å². The summed E-state index contributed by atoms with van der Waals surface area (Å²) in [5.41, 5.74) is 0.766. The van der Waals surface area contributed by atoms with Crippen LogP contribution in [0.1, 0.15) is 23.0 Å². The van der Waals surface area contributed by atoms with Crippen molar-refractivity contribution in [3.8, 4) is 5.75 Å². The molecule has 18 heavy (non-hydrogen) atoms. The monoisotopic (exact) mass is 240 g/mol. The lowest BCUT2D eigenvalue weighted by Gasteiger charge is -2.13. The van der Waals surface area contributed by atoms with Crippen molar-refractivity contribution in [1.29, 1.82) is 0 Å². The molecule has 3 aromatic rings. The van der Waals surface area contributed by atoms with Crippen LogP contribution < -0.4 is 0 Å². The van der Waals surface area contributed by atoms with Crippen molar-refractivity contribution in [1.82, 2.24) is 0 Å². The minimum Gasteiger partial charge on any atom is -0.508 e. The zero-order valence-corrected chi connectivity index (χ0v) is 9.61. The Balaban J connectivity index is 2.15. The molecule has 0 radical (unpaired) electrons. The van der Waals surface area contributed by atoms with E-state index in [9.17, 15) is 5.11 Å². The third-order valence-corrected chi connectivity index (χ3v) is 2.90. The van der Waals surface area contributed by atoms with Crippen molar-refractivity contribution < 1.29 is 13.9 Å². The highest BCUT2D eigenvalue weighted by atomic mass is 16.3. The van der Waals surface area contributed by atoms with Crippen LogP contribution in [-0.2, 0) is 0 Å². The van der Waals surface area contributed by atoms with Crippen molar-refractivity contribution in [3.63, 3.8) is 0 Å². The van der Waals surface area contributed by atoms with Gasteiger partial charge in [-0.15, -0.1) is 0 Å². The SMILES string of the molecule is Oc1ccccc1C(c1ccco1)c1ccco1. The number of phenols is 1. The van der Waals surface area contributed by atoms with Crippen molar-refractivity contribution in [3.05, 3.63) is 78.1 Å². The Morgan fingerprint density at radius 2 is 1.39 bits per heavy atom. The molecule has 2 aromatic heterocycles. The van der Waals surface area contributed by atoms with E-state index in [2.05, 4.69) is 0 Å². The van der Waals surface area contributed by atoms with Crippen molar-refractivity contribution >= 4 is 0 Å². The maximum Gasteiger partial charge on any atom is 0.119 e. The van der Waals surface area contributed by atoms with E-state index in [1.54, 1.807) is 24.7 Å². The van der Waals surface area contributed by atoms with E-state index < -0.39 is 0 Å². The van der Waals surface area contributed by atoms with Gasteiger partial charge in [-0.2, -0.15) is 0 Å². The normalized spacial score (nSPS) is 10.9. The van der Waals surface area contributed by atoms with Gasteiger partial charge in [0.05, 0.1) is 12.5 Å². The van der Waals surface area contributed by atoms with E-state index in [4.69, 9.17) is 8.83 Å². The minimum absolute atomic E-state index is 0.226. The van der Waals surface area contributed by atoms with Gasteiger partial charge in [0.15, 0.2) is 0 Å². The molecule has 0 saturated heterocycles. The van der Waals surface area contributed by atoms with Crippen LogP contribution in [0.25, 0.3) is 0 Å². The summed E-state index contributed by atoms with van der Waals surface area (Å²) in [5.74, 6) is 1.49. The highest BCUT2D eigenvalue weighted by molar-refractivity contribution is 5.43. The second kappa shape index (κ2) is 4.45. The fourth-order valence-corrected chi connectivity index (χ4v) is 2.09.